The molecule has 0 spiro atoms. The summed E-state index contributed by atoms with van der Waals surface area (Å²) in [6.45, 7) is 2.77. The lowest BCUT2D eigenvalue weighted by Gasteiger charge is -2.07. The average Bonchev–Trinajstić information content (AvgIpc) is 1.83. The van der Waals surface area contributed by atoms with Gasteiger partial charge in [-0.3, -0.25) is 0 Å². The smallest absolute Gasteiger partial charge is 0.329 e. The third-order valence-electron chi connectivity index (χ3n) is 0.970. The highest BCUT2D eigenvalue weighted by Gasteiger charge is 1.86. The zero-order valence-electron chi connectivity index (χ0n) is 5.66. The van der Waals surface area contributed by atoms with Crippen molar-refractivity contribution in [3.63, 3.8) is 0 Å². The first-order valence-corrected chi connectivity index (χ1v) is 2.78. The fourth-order valence-corrected chi connectivity index (χ4v) is 0.296. The minimum absolute atomic E-state index is 0.823. The number of hydrogen-bond acceptors (Lipinski definition) is 2. The van der Waals surface area contributed by atoms with Gasteiger partial charge in [-0.15, -0.1) is 0 Å². The van der Waals surface area contributed by atoms with Crippen LogP contribution in [-0.4, -0.2) is 29.6 Å². The third-order valence-corrected chi connectivity index (χ3v) is 0.970. The van der Waals surface area contributed by atoms with Crippen molar-refractivity contribution in [3.05, 3.63) is 12.3 Å². The van der Waals surface area contributed by atoms with Crippen molar-refractivity contribution in [1.82, 2.24) is 4.90 Å². The van der Waals surface area contributed by atoms with Gasteiger partial charge in [-0.2, -0.15) is 0 Å². The molecule has 9 heavy (non-hydrogen) atoms. The summed E-state index contributed by atoms with van der Waals surface area (Å²) in [6.07, 6.45) is 2.64. The van der Waals surface area contributed by atoms with Crippen molar-refractivity contribution < 1.29 is 9.90 Å². The number of nitrogens with zero attached hydrogens (tertiary/aromatic N) is 1. The van der Waals surface area contributed by atoms with Gasteiger partial charge in [0.05, 0.1) is 0 Å². The Hall–Kier alpha value is -0.990. The number of aliphatic carboxylic acids is 1. The molecule has 0 aliphatic carbocycles. The third kappa shape index (κ3) is 4.87. The normalized spacial score (nSPS) is 10.0. The van der Waals surface area contributed by atoms with Gasteiger partial charge in [0, 0.05) is 25.9 Å². The Bertz CT molecular complexity index is 120. The van der Waals surface area contributed by atoms with Gasteiger partial charge in [-0.1, -0.05) is 0 Å². The van der Waals surface area contributed by atoms with E-state index in [1.165, 1.54) is 6.20 Å². The van der Waals surface area contributed by atoms with Crippen molar-refractivity contribution in [3.8, 4) is 0 Å². The lowest BCUT2D eigenvalue weighted by Crippen LogP contribution is -2.09. The molecule has 0 radical (unpaired) electrons. The monoisotopic (exact) mass is 129 g/mol. The number of carbonyl (C=O) groups is 1. The quantitative estimate of drug-likeness (QED) is 0.565. The summed E-state index contributed by atoms with van der Waals surface area (Å²) < 4.78 is 0. The van der Waals surface area contributed by atoms with E-state index < -0.39 is 5.97 Å². The van der Waals surface area contributed by atoms with Crippen LogP contribution >= 0.6 is 0 Å². The minimum Gasteiger partial charge on any atom is -0.478 e. The molecular formula is C6H11NO2. The van der Waals surface area contributed by atoms with E-state index in [1.807, 2.05) is 14.0 Å². The predicted molar refractivity (Wildman–Crippen MR) is 35.1 cm³/mol. The highest BCUT2D eigenvalue weighted by molar-refractivity contribution is 5.79. The zero-order valence-corrected chi connectivity index (χ0v) is 5.66. The molecule has 0 unspecified atom stereocenters. The molecule has 0 amide bonds. The summed E-state index contributed by atoms with van der Waals surface area (Å²) in [4.78, 5) is 11.7. The molecule has 0 aromatic heterocycles. The van der Waals surface area contributed by atoms with E-state index in [9.17, 15) is 4.79 Å². The van der Waals surface area contributed by atoms with Crippen molar-refractivity contribution in [1.29, 1.82) is 0 Å². The molecule has 0 aliphatic rings. The van der Waals surface area contributed by atoms with Gasteiger partial charge < -0.3 is 10.0 Å². The fraction of sp³-hybridized carbons (Fsp3) is 0.500. The van der Waals surface area contributed by atoms with Gasteiger partial charge in [0.1, 0.15) is 0 Å². The lowest BCUT2D eigenvalue weighted by atomic mass is 10.5. The SMILES string of the molecule is CCN(C)C=CC(=O)O. The highest BCUT2D eigenvalue weighted by atomic mass is 16.4. The van der Waals surface area contributed by atoms with Gasteiger partial charge in [-0.25, -0.2) is 4.79 Å². The van der Waals surface area contributed by atoms with E-state index >= 15 is 0 Å². The van der Waals surface area contributed by atoms with Crippen LogP contribution in [0.2, 0.25) is 0 Å². The van der Waals surface area contributed by atoms with Gasteiger partial charge in [-0.05, 0) is 6.92 Å². The Morgan fingerprint density at radius 2 is 2.33 bits per heavy atom. The zero-order chi connectivity index (χ0) is 7.28. The first kappa shape index (κ1) is 8.01. The summed E-state index contributed by atoms with van der Waals surface area (Å²) in [5, 5.41) is 8.14. The molecule has 52 valence electrons. The van der Waals surface area contributed by atoms with Gasteiger partial charge in [0.2, 0.25) is 0 Å². The van der Waals surface area contributed by atoms with Gasteiger partial charge in [0.15, 0.2) is 0 Å². The predicted octanol–water partition coefficient (Wildman–Crippen LogP) is 0.536. The van der Waals surface area contributed by atoms with Crippen LogP contribution in [0.1, 0.15) is 6.92 Å². The Kier molecular flexibility index (Phi) is 3.51. The standard InChI is InChI=1S/C6H11NO2/c1-3-7(2)5-4-6(8)9/h4-5H,3H2,1-2H3,(H,8,9). The molecule has 3 nitrogen and oxygen atoms in total. The van der Waals surface area contributed by atoms with E-state index in [2.05, 4.69) is 0 Å². The summed E-state index contributed by atoms with van der Waals surface area (Å²) in [6, 6.07) is 0. The fourth-order valence-electron chi connectivity index (χ4n) is 0.296. The molecule has 0 saturated heterocycles. The molecule has 0 heterocycles. The molecular weight excluding hydrogens is 118 g/mol. The molecule has 0 aromatic rings. The molecule has 0 aromatic carbocycles. The maximum atomic E-state index is 9.91. The molecule has 0 fully saturated rings. The number of hydrogen-bond donors (Lipinski definition) is 1. The Balaban J connectivity index is 3.56. The minimum atomic E-state index is -0.907. The molecule has 0 atom stereocenters. The van der Waals surface area contributed by atoms with Gasteiger partial charge in [0.25, 0.3) is 0 Å². The van der Waals surface area contributed by atoms with Gasteiger partial charge >= 0.3 is 5.97 Å². The van der Waals surface area contributed by atoms with E-state index in [4.69, 9.17) is 5.11 Å². The van der Waals surface area contributed by atoms with Crippen molar-refractivity contribution >= 4 is 5.97 Å². The van der Waals surface area contributed by atoms with Crippen LogP contribution in [-0.2, 0) is 4.79 Å². The summed E-state index contributed by atoms with van der Waals surface area (Å²) in [5.41, 5.74) is 0. The molecule has 0 rings (SSSR count). The van der Waals surface area contributed by atoms with E-state index in [-0.39, 0.29) is 0 Å². The maximum Gasteiger partial charge on any atom is 0.329 e. The molecule has 0 bridgehead atoms. The first-order chi connectivity index (χ1) is 4.16. The van der Waals surface area contributed by atoms with E-state index in [0.29, 0.717) is 0 Å². The van der Waals surface area contributed by atoms with Crippen molar-refractivity contribution in [2.24, 2.45) is 0 Å². The second kappa shape index (κ2) is 3.95. The number of carboxylic acid groups (broad SMARTS) is 1. The topological polar surface area (TPSA) is 40.5 Å². The molecule has 3 heteroatoms. The Morgan fingerprint density at radius 1 is 1.78 bits per heavy atom. The lowest BCUT2D eigenvalue weighted by molar-refractivity contribution is -0.131. The van der Waals surface area contributed by atoms with E-state index in [1.54, 1.807) is 4.90 Å². The first-order valence-electron chi connectivity index (χ1n) is 2.78. The molecule has 1 N–H and O–H groups in total. The Morgan fingerprint density at radius 3 is 2.67 bits per heavy atom. The van der Waals surface area contributed by atoms with Crippen LogP contribution < -0.4 is 0 Å². The summed E-state index contributed by atoms with van der Waals surface area (Å²) in [7, 11) is 1.82. The highest BCUT2D eigenvalue weighted by Crippen LogP contribution is 1.81. The summed E-state index contributed by atoms with van der Waals surface area (Å²) in [5.74, 6) is -0.907. The number of carboxylic acids is 1. The largest absolute Gasteiger partial charge is 0.478 e. The molecule has 0 saturated carbocycles. The average molecular weight is 129 g/mol. The Labute approximate surface area is 54.6 Å². The van der Waals surface area contributed by atoms with E-state index in [0.717, 1.165) is 12.6 Å². The van der Waals surface area contributed by atoms with Crippen LogP contribution in [0.15, 0.2) is 12.3 Å². The second-order valence-corrected chi connectivity index (χ2v) is 1.73. The van der Waals surface area contributed by atoms with Crippen LogP contribution in [0.5, 0.6) is 0 Å². The van der Waals surface area contributed by atoms with Crippen LogP contribution in [0.3, 0.4) is 0 Å². The van der Waals surface area contributed by atoms with Crippen LogP contribution in [0.25, 0.3) is 0 Å². The summed E-state index contributed by atoms with van der Waals surface area (Å²) >= 11 is 0. The van der Waals surface area contributed by atoms with Crippen LogP contribution in [0.4, 0.5) is 0 Å². The second-order valence-electron chi connectivity index (χ2n) is 1.73. The van der Waals surface area contributed by atoms with Crippen molar-refractivity contribution in [2.45, 2.75) is 6.92 Å². The van der Waals surface area contributed by atoms with Crippen molar-refractivity contribution in [2.75, 3.05) is 13.6 Å². The maximum absolute atomic E-state index is 9.91. The van der Waals surface area contributed by atoms with Crippen LogP contribution in [0, 0.1) is 0 Å². The number of rotatable bonds is 3. The molecule has 0 aliphatic heterocycles.